The second-order valence-electron chi connectivity index (χ2n) is 5.34. The molecule has 0 aliphatic heterocycles. The number of nitrogens with zero attached hydrogens (tertiary/aromatic N) is 3. The molecule has 1 aromatic heterocycles. The Morgan fingerprint density at radius 3 is 2.46 bits per heavy atom. The van der Waals surface area contributed by atoms with Gasteiger partial charge >= 0.3 is 0 Å². The highest BCUT2D eigenvalue weighted by Gasteiger charge is 2.21. The number of sulfonamides is 1. The summed E-state index contributed by atoms with van der Waals surface area (Å²) in [5.41, 5.74) is 0.944. The molecule has 0 bridgehead atoms. The fourth-order valence-corrected chi connectivity index (χ4v) is 4.48. The third-order valence-corrected chi connectivity index (χ3v) is 6.46. The van der Waals surface area contributed by atoms with Crippen molar-refractivity contribution < 1.29 is 8.42 Å². The van der Waals surface area contributed by atoms with E-state index in [-0.39, 0.29) is 16.7 Å². The number of benzene rings is 2. The molecule has 1 atom stereocenters. The SMILES string of the molecule is Nn1cnnc1SC(CNS(=O)(=O)c1ccc(Cl)cc1)c1ccccc1. The first-order chi connectivity index (χ1) is 12.5. The normalized spacial score (nSPS) is 12.8. The van der Waals surface area contributed by atoms with Crippen LogP contribution in [0.5, 0.6) is 0 Å². The van der Waals surface area contributed by atoms with Gasteiger partial charge in [0.25, 0.3) is 0 Å². The van der Waals surface area contributed by atoms with Crippen LogP contribution in [0.4, 0.5) is 0 Å². The maximum atomic E-state index is 12.5. The monoisotopic (exact) mass is 409 g/mol. The molecule has 3 N–H and O–H groups in total. The van der Waals surface area contributed by atoms with Crippen LogP contribution >= 0.6 is 23.4 Å². The van der Waals surface area contributed by atoms with Gasteiger partial charge in [-0.3, -0.25) is 0 Å². The summed E-state index contributed by atoms with van der Waals surface area (Å²) in [6.45, 7) is 0.159. The van der Waals surface area contributed by atoms with Gasteiger partial charge in [-0.15, -0.1) is 10.2 Å². The first-order valence-electron chi connectivity index (χ1n) is 7.57. The Labute approximate surface area is 160 Å². The summed E-state index contributed by atoms with van der Waals surface area (Å²) in [7, 11) is -3.67. The van der Waals surface area contributed by atoms with E-state index >= 15 is 0 Å². The number of hydrogen-bond acceptors (Lipinski definition) is 6. The molecular formula is C16H16ClN5O2S2. The van der Waals surface area contributed by atoms with Crippen molar-refractivity contribution in [1.29, 1.82) is 0 Å². The lowest BCUT2D eigenvalue weighted by Crippen LogP contribution is -2.28. The van der Waals surface area contributed by atoms with Crippen molar-refractivity contribution in [3.05, 3.63) is 71.5 Å². The van der Waals surface area contributed by atoms with E-state index in [1.165, 1.54) is 47.0 Å². The lowest BCUT2D eigenvalue weighted by Gasteiger charge is -2.17. The van der Waals surface area contributed by atoms with Gasteiger partial charge in [0, 0.05) is 11.6 Å². The first kappa shape index (κ1) is 18.7. The van der Waals surface area contributed by atoms with Crippen LogP contribution in [0.1, 0.15) is 10.8 Å². The summed E-state index contributed by atoms with van der Waals surface area (Å²) in [6.07, 6.45) is 1.39. The van der Waals surface area contributed by atoms with Crippen LogP contribution in [0.3, 0.4) is 0 Å². The van der Waals surface area contributed by atoms with Crippen LogP contribution < -0.4 is 10.6 Å². The Kier molecular flexibility index (Phi) is 5.82. The third kappa shape index (κ3) is 4.55. The second kappa shape index (κ2) is 8.09. The van der Waals surface area contributed by atoms with Gasteiger partial charge in [0.1, 0.15) is 6.33 Å². The van der Waals surface area contributed by atoms with Crippen LogP contribution in [0.25, 0.3) is 0 Å². The molecule has 10 heteroatoms. The largest absolute Gasteiger partial charge is 0.336 e. The van der Waals surface area contributed by atoms with Crippen molar-refractivity contribution in [3.8, 4) is 0 Å². The number of hydrogen-bond donors (Lipinski definition) is 2. The van der Waals surface area contributed by atoms with Crippen molar-refractivity contribution in [2.45, 2.75) is 15.3 Å². The molecule has 2 aromatic carbocycles. The number of nitrogens with one attached hydrogen (secondary N) is 1. The highest BCUT2D eigenvalue weighted by atomic mass is 35.5. The van der Waals surface area contributed by atoms with Gasteiger partial charge in [0.05, 0.1) is 10.1 Å². The molecule has 0 aliphatic carbocycles. The minimum atomic E-state index is -3.67. The predicted molar refractivity (Wildman–Crippen MR) is 102 cm³/mol. The van der Waals surface area contributed by atoms with Crippen molar-refractivity contribution in [3.63, 3.8) is 0 Å². The summed E-state index contributed by atoms with van der Waals surface area (Å²) in [5, 5.41) is 8.44. The van der Waals surface area contributed by atoms with Crippen LogP contribution in [0, 0.1) is 0 Å². The Bertz CT molecular complexity index is 962. The number of halogens is 1. The molecule has 136 valence electrons. The highest BCUT2D eigenvalue weighted by molar-refractivity contribution is 7.99. The zero-order valence-electron chi connectivity index (χ0n) is 13.5. The molecule has 3 rings (SSSR count). The molecule has 0 saturated heterocycles. The smallest absolute Gasteiger partial charge is 0.240 e. The van der Waals surface area contributed by atoms with E-state index in [4.69, 9.17) is 17.4 Å². The van der Waals surface area contributed by atoms with E-state index in [1.54, 1.807) is 0 Å². The van der Waals surface area contributed by atoms with Crippen molar-refractivity contribution in [1.82, 2.24) is 19.6 Å². The Morgan fingerprint density at radius 1 is 1.15 bits per heavy atom. The summed E-state index contributed by atoms with van der Waals surface area (Å²) in [6, 6.07) is 15.5. The predicted octanol–water partition coefficient (Wildman–Crippen LogP) is 2.46. The molecule has 0 amide bonds. The number of nitrogens with two attached hydrogens (primary N) is 1. The fraction of sp³-hybridized carbons (Fsp3) is 0.125. The quantitative estimate of drug-likeness (QED) is 0.459. The third-order valence-electron chi connectivity index (χ3n) is 3.54. The highest BCUT2D eigenvalue weighted by Crippen LogP contribution is 2.33. The van der Waals surface area contributed by atoms with Gasteiger partial charge < -0.3 is 5.84 Å². The van der Waals surface area contributed by atoms with E-state index in [0.717, 1.165) is 5.56 Å². The van der Waals surface area contributed by atoms with Crippen molar-refractivity contribution in [2.24, 2.45) is 0 Å². The van der Waals surface area contributed by atoms with Crippen LogP contribution in [0.2, 0.25) is 5.02 Å². The van der Waals surface area contributed by atoms with Gasteiger partial charge in [-0.1, -0.05) is 53.7 Å². The van der Waals surface area contributed by atoms with Gasteiger partial charge in [0.15, 0.2) is 0 Å². The van der Waals surface area contributed by atoms with E-state index in [9.17, 15) is 8.42 Å². The van der Waals surface area contributed by atoms with Crippen LogP contribution in [0.15, 0.2) is 71.0 Å². The van der Waals surface area contributed by atoms with Crippen molar-refractivity contribution in [2.75, 3.05) is 12.4 Å². The van der Waals surface area contributed by atoms with Gasteiger partial charge in [-0.25, -0.2) is 17.8 Å². The topological polar surface area (TPSA) is 103 Å². The lowest BCUT2D eigenvalue weighted by atomic mass is 10.1. The molecule has 0 radical (unpaired) electrons. The van der Waals surface area contributed by atoms with Gasteiger partial charge in [-0.05, 0) is 29.8 Å². The minimum Gasteiger partial charge on any atom is -0.336 e. The Morgan fingerprint density at radius 2 is 1.85 bits per heavy atom. The lowest BCUT2D eigenvalue weighted by molar-refractivity contribution is 0.581. The molecular weight excluding hydrogens is 394 g/mol. The zero-order chi connectivity index (χ0) is 18.6. The Balaban J connectivity index is 1.79. The van der Waals surface area contributed by atoms with E-state index in [2.05, 4.69) is 14.9 Å². The van der Waals surface area contributed by atoms with E-state index < -0.39 is 10.0 Å². The summed E-state index contributed by atoms with van der Waals surface area (Å²) in [5.74, 6) is 5.77. The molecule has 3 aromatic rings. The number of nitrogen functional groups attached to an aromatic ring is 1. The molecule has 26 heavy (non-hydrogen) atoms. The average Bonchev–Trinajstić information content (AvgIpc) is 3.04. The maximum absolute atomic E-state index is 12.5. The average molecular weight is 410 g/mol. The molecule has 0 saturated carbocycles. The number of thioether (sulfide) groups is 1. The number of aromatic nitrogens is 3. The summed E-state index contributed by atoms with van der Waals surface area (Å²) < 4.78 is 29.0. The number of rotatable bonds is 7. The standard InChI is InChI=1S/C16H16ClN5O2S2/c17-13-6-8-14(9-7-13)26(23,24)20-10-15(12-4-2-1-3-5-12)25-16-21-19-11-22(16)18/h1-9,11,15,20H,10,18H2. The summed E-state index contributed by atoms with van der Waals surface area (Å²) >= 11 is 7.15. The molecule has 1 unspecified atom stereocenters. The van der Waals surface area contributed by atoms with E-state index in [1.807, 2.05) is 30.3 Å². The zero-order valence-corrected chi connectivity index (χ0v) is 15.9. The molecule has 0 fully saturated rings. The van der Waals surface area contributed by atoms with Gasteiger partial charge in [0.2, 0.25) is 15.2 Å². The van der Waals surface area contributed by atoms with Crippen LogP contribution in [-0.4, -0.2) is 29.8 Å². The van der Waals surface area contributed by atoms with E-state index in [0.29, 0.717) is 10.2 Å². The maximum Gasteiger partial charge on any atom is 0.240 e. The van der Waals surface area contributed by atoms with Crippen molar-refractivity contribution >= 4 is 33.4 Å². The fourth-order valence-electron chi connectivity index (χ4n) is 2.22. The Hall–Kier alpha value is -2.07. The van der Waals surface area contributed by atoms with Gasteiger partial charge in [-0.2, -0.15) is 0 Å². The molecule has 1 heterocycles. The minimum absolute atomic E-state index is 0.153. The molecule has 0 aliphatic rings. The molecule has 7 nitrogen and oxygen atoms in total. The second-order valence-corrected chi connectivity index (χ2v) is 8.72. The summed E-state index contributed by atoms with van der Waals surface area (Å²) in [4.78, 5) is 0.153. The molecule has 0 spiro atoms. The van der Waals surface area contributed by atoms with Crippen LogP contribution in [-0.2, 0) is 10.0 Å². The first-order valence-corrected chi connectivity index (χ1v) is 10.3.